The molecule has 10 nitrogen and oxygen atoms in total. The van der Waals surface area contributed by atoms with E-state index in [1.807, 2.05) is 6.26 Å². The average Bonchev–Trinajstić information content (AvgIpc) is 2.55. The summed E-state index contributed by atoms with van der Waals surface area (Å²) in [5.74, 6) is 0.886. The fourth-order valence-electron chi connectivity index (χ4n) is 2.04. The Hall–Kier alpha value is -0.120. The minimum absolute atomic E-state index is 0.114. The van der Waals surface area contributed by atoms with Crippen molar-refractivity contribution >= 4 is 39.0 Å². The van der Waals surface area contributed by atoms with Crippen LogP contribution < -0.4 is 0 Å². The van der Waals surface area contributed by atoms with Gasteiger partial charge in [-0.15, -0.1) is 0 Å². The van der Waals surface area contributed by atoms with Crippen molar-refractivity contribution in [2.45, 2.75) is 49.1 Å². The Bertz CT molecular complexity index is 528. The third-order valence-corrected chi connectivity index (χ3v) is 5.46. The zero-order valence-corrected chi connectivity index (χ0v) is 15.9. The summed E-state index contributed by atoms with van der Waals surface area (Å²) in [6.45, 7) is -0.580. The summed E-state index contributed by atoms with van der Waals surface area (Å²) in [5, 5.41) is 42.2. The van der Waals surface area contributed by atoms with Crippen molar-refractivity contribution in [3.63, 3.8) is 0 Å². The molecular formula is C12H23NO9S3. The predicted octanol–water partition coefficient (Wildman–Crippen LogP) is -0.814. The maximum absolute atomic E-state index is 10.7. The van der Waals surface area contributed by atoms with E-state index in [1.165, 1.54) is 0 Å². The number of unbranched alkanes of at least 4 members (excludes halogenated alkanes) is 1. The minimum Gasteiger partial charge on any atom is -0.394 e. The van der Waals surface area contributed by atoms with Crippen molar-refractivity contribution in [1.82, 2.24) is 0 Å². The van der Waals surface area contributed by atoms with E-state index < -0.39 is 46.9 Å². The van der Waals surface area contributed by atoms with Gasteiger partial charge >= 0.3 is 10.4 Å². The van der Waals surface area contributed by atoms with Crippen LogP contribution in [0.2, 0.25) is 0 Å². The van der Waals surface area contributed by atoms with E-state index in [0.29, 0.717) is 6.42 Å². The summed E-state index contributed by atoms with van der Waals surface area (Å²) < 4.78 is 39.4. The van der Waals surface area contributed by atoms with Gasteiger partial charge in [0.05, 0.1) is 6.61 Å². The molecule has 5 atom stereocenters. The molecule has 1 aliphatic heterocycles. The highest BCUT2D eigenvalue weighted by Crippen LogP contribution is 2.30. The van der Waals surface area contributed by atoms with E-state index in [-0.39, 0.29) is 11.5 Å². The van der Waals surface area contributed by atoms with Crippen molar-refractivity contribution in [3.05, 3.63) is 0 Å². The summed E-state index contributed by atoms with van der Waals surface area (Å²) in [5.41, 5.74) is -1.11. The lowest BCUT2D eigenvalue weighted by Crippen LogP contribution is -2.57. The zero-order valence-electron chi connectivity index (χ0n) is 13.5. The van der Waals surface area contributed by atoms with Crippen LogP contribution in [0.4, 0.5) is 0 Å². The van der Waals surface area contributed by atoms with Gasteiger partial charge < -0.3 is 25.2 Å². The quantitative estimate of drug-likeness (QED) is 0.104. The first-order chi connectivity index (χ1) is 11.7. The van der Waals surface area contributed by atoms with Gasteiger partial charge in [-0.2, -0.15) is 20.2 Å². The molecule has 1 saturated heterocycles. The van der Waals surface area contributed by atoms with Crippen molar-refractivity contribution in [1.29, 1.82) is 0 Å². The Balaban J connectivity index is 2.80. The summed E-state index contributed by atoms with van der Waals surface area (Å²) in [4.78, 5) is 0. The van der Waals surface area contributed by atoms with Crippen LogP contribution in [0.1, 0.15) is 19.3 Å². The van der Waals surface area contributed by atoms with Crippen LogP contribution in [0.5, 0.6) is 0 Å². The fraction of sp³-hybridized carbons (Fsp3) is 0.917. The molecule has 1 rings (SSSR count). The number of hydrogen-bond acceptors (Lipinski definition) is 11. The normalized spacial score (nSPS) is 31.1. The van der Waals surface area contributed by atoms with Crippen LogP contribution in [0.15, 0.2) is 5.16 Å². The number of thioether (sulfide) groups is 2. The monoisotopic (exact) mass is 421 g/mol. The standard InChI is InChI=1S/C12H23NO9S3/c1-23-5-3-2-4-8(13-22-25(18,19)20)24-12-11(17)10(16)9(15)7(6-14)21-12/h7,9-12,14-17H,2-6H2,1H3,(H,18,19,20)/b13-8+/t7-,9-,10+,11-,12+/m1/s1. The highest BCUT2D eigenvalue weighted by Gasteiger charge is 2.44. The molecule has 0 aliphatic carbocycles. The van der Waals surface area contributed by atoms with Gasteiger partial charge in [-0.1, -0.05) is 16.9 Å². The molecule has 13 heteroatoms. The van der Waals surface area contributed by atoms with E-state index in [0.717, 1.165) is 23.9 Å². The Morgan fingerprint density at radius 3 is 2.44 bits per heavy atom. The molecular weight excluding hydrogens is 398 g/mol. The molecule has 0 amide bonds. The Morgan fingerprint density at radius 2 is 1.88 bits per heavy atom. The van der Waals surface area contributed by atoms with Crippen molar-refractivity contribution in [3.8, 4) is 0 Å². The molecule has 0 aromatic heterocycles. The van der Waals surface area contributed by atoms with Crippen molar-refractivity contribution in [2.75, 3.05) is 18.6 Å². The van der Waals surface area contributed by atoms with Gasteiger partial charge in [-0.25, -0.2) is 4.28 Å². The molecule has 0 saturated carbocycles. The smallest absolute Gasteiger partial charge is 0.394 e. The number of nitrogens with zero attached hydrogens (tertiary/aromatic N) is 1. The number of ether oxygens (including phenoxy) is 1. The third kappa shape index (κ3) is 7.97. The Morgan fingerprint density at radius 1 is 1.20 bits per heavy atom. The molecule has 25 heavy (non-hydrogen) atoms. The van der Waals surface area contributed by atoms with Crippen LogP contribution in [0.25, 0.3) is 0 Å². The Labute approximate surface area is 154 Å². The highest BCUT2D eigenvalue weighted by atomic mass is 32.3. The van der Waals surface area contributed by atoms with Gasteiger partial charge in [-0.05, 0) is 31.3 Å². The first-order valence-corrected chi connectivity index (χ1v) is 11.0. The molecule has 5 N–H and O–H groups in total. The average molecular weight is 422 g/mol. The largest absolute Gasteiger partial charge is 0.466 e. The summed E-state index contributed by atoms with van der Waals surface area (Å²) in [6.07, 6.45) is -1.94. The Kier molecular flexibility index (Phi) is 9.98. The SMILES string of the molecule is CSCCCC/C(=N\OS(=O)(=O)O)S[C@@H]1O[C@H](CO)[C@@H](O)[C@H](O)[C@H]1O. The molecule has 148 valence electrons. The molecule has 0 spiro atoms. The van der Waals surface area contributed by atoms with E-state index in [9.17, 15) is 28.8 Å². The second-order valence-electron chi connectivity index (χ2n) is 5.25. The molecule has 0 bridgehead atoms. The van der Waals surface area contributed by atoms with Gasteiger partial charge in [0.1, 0.15) is 34.9 Å². The first kappa shape index (κ1) is 22.9. The molecule has 0 aromatic carbocycles. The second-order valence-corrected chi connectivity index (χ2v) is 8.41. The molecule has 1 fully saturated rings. The third-order valence-electron chi connectivity index (χ3n) is 3.32. The number of rotatable bonds is 9. The van der Waals surface area contributed by atoms with Gasteiger partial charge in [0.25, 0.3) is 0 Å². The zero-order chi connectivity index (χ0) is 19.0. The number of oxime groups is 1. The first-order valence-electron chi connectivity index (χ1n) is 7.38. The van der Waals surface area contributed by atoms with Crippen molar-refractivity contribution < 1.29 is 42.4 Å². The van der Waals surface area contributed by atoms with Gasteiger partial charge in [0.2, 0.25) is 0 Å². The molecule has 0 unspecified atom stereocenters. The topological polar surface area (TPSA) is 166 Å². The van der Waals surface area contributed by atoms with Crippen LogP contribution in [0.3, 0.4) is 0 Å². The van der Waals surface area contributed by atoms with Crippen LogP contribution in [-0.2, 0) is 19.4 Å². The predicted molar refractivity (Wildman–Crippen MR) is 93.7 cm³/mol. The molecule has 0 aromatic rings. The highest BCUT2D eigenvalue weighted by molar-refractivity contribution is 8.14. The molecule has 0 radical (unpaired) electrons. The summed E-state index contributed by atoms with van der Waals surface area (Å²) in [6, 6.07) is 0. The number of aliphatic hydroxyl groups excluding tert-OH is 4. The van der Waals surface area contributed by atoms with Crippen LogP contribution in [-0.4, -0.2) is 86.9 Å². The molecule has 1 heterocycles. The van der Waals surface area contributed by atoms with E-state index in [2.05, 4.69) is 9.44 Å². The number of aliphatic hydroxyl groups is 4. The van der Waals surface area contributed by atoms with Crippen LogP contribution in [0, 0.1) is 0 Å². The lowest BCUT2D eigenvalue weighted by atomic mass is 10.0. The minimum atomic E-state index is -4.78. The van der Waals surface area contributed by atoms with Gasteiger partial charge in [0.15, 0.2) is 0 Å². The van der Waals surface area contributed by atoms with E-state index >= 15 is 0 Å². The van der Waals surface area contributed by atoms with Gasteiger partial charge in [0, 0.05) is 0 Å². The maximum Gasteiger partial charge on any atom is 0.466 e. The molecule has 1 aliphatic rings. The number of hydrogen-bond donors (Lipinski definition) is 5. The van der Waals surface area contributed by atoms with Crippen molar-refractivity contribution in [2.24, 2.45) is 5.16 Å². The summed E-state index contributed by atoms with van der Waals surface area (Å²) in [7, 11) is -4.78. The van der Waals surface area contributed by atoms with Gasteiger partial charge in [-0.3, -0.25) is 4.55 Å². The van der Waals surface area contributed by atoms with Crippen LogP contribution >= 0.6 is 23.5 Å². The maximum atomic E-state index is 10.7. The van der Waals surface area contributed by atoms with E-state index in [1.54, 1.807) is 11.8 Å². The fourth-order valence-corrected chi connectivity index (χ4v) is 3.87. The lowest BCUT2D eigenvalue weighted by Gasteiger charge is -2.39. The second kappa shape index (κ2) is 10.9. The lowest BCUT2D eigenvalue weighted by molar-refractivity contribution is -0.205. The van der Waals surface area contributed by atoms with E-state index in [4.69, 9.17) is 9.29 Å². The summed E-state index contributed by atoms with van der Waals surface area (Å²) >= 11 is 2.43.